The van der Waals surface area contributed by atoms with Gasteiger partial charge in [-0.1, -0.05) is 0 Å². The third-order valence-corrected chi connectivity index (χ3v) is 4.43. The zero-order valence-corrected chi connectivity index (χ0v) is 18.4. The van der Waals surface area contributed by atoms with Crippen LogP contribution in [0, 0.1) is 5.92 Å². The first kappa shape index (κ1) is 24.5. The number of amides is 1. The van der Waals surface area contributed by atoms with Gasteiger partial charge in [0, 0.05) is 46.9 Å². The van der Waals surface area contributed by atoms with Crippen molar-refractivity contribution in [2.24, 2.45) is 10.9 Å². The van der Waals surface area contributed by atoms with Gasteiger partial charge in [-0.15, -0.1) is 0 Å². The number of guanidine groups is 1. The first-order valence-electron chi connectivity index (χ1n) is 10.3. The van der Waals surface area contributed by atoms with E-state index in [1.165, 1.54) is 0 Å². The SMILES string of the molecule is CN=C(NCCCOCCOC)NCCC1CCCN(C(=O)OC(C)(C)C)C1. The van der Waals surface area contributed by atoms with Gasteiger partial charge >= 0.3 is 6.09 Å². The smallest absolute Gasteiger partial charge is 0.410 e. The lowest BCUT2D eigenvalue weighted by atomic mass is 9.95. The normalized spacial score (nSPS) is 18.1. The molecule has 0 radical (unpaired) electrons. The lowest BCUT2D eigenvalue weighted by Gasteiger charge is -2.34. The number of nitrogens with zero attached hydrogens (tertiary/aromatic N) is 2. The molecule has 1 fully saturated rings. The Bertz CT molecular complexity index is 466. The minimum Gasteiger partial charge on any atom is -0.444 e. The summed E-state index contributed by atoms with van der Waals surface area (Å²) in [5.74, 6) is 1.29. The van der Waals surface area contributed by atoms with Gasteiger partial charge < -0.3 is 29.7 Å². The Kier molecular flexibility index (Phi) is 11.9. The molecule has 1 heterocycles. The molecule has 2 N–H and O–H groups in total. The molecule has 0 bridgehead atoms. The van der Waals surface area contributed by atoms with E-state index in [0.29, 0.717) is 25.7 Å². The average molecular weight is 401 g/mol. The predicted octanol–water partition coefficient (Wildman–Crippen LogP) is 2.24. The number of likely N-dealkylation sites (tertiary alicyclic amines) is 1. The second-order valence-electron chi connectivity index (χ2n) is 8.11. The van der Waals surface area contributed by atoms with E-state index < -0.39 is 5.60 Å². The molecule has 1 amide bonds. The second-order valence-corrected chi connectivity index (χ2v) is 8.11. The molecular formula is C20H40N4O4. The number of nitrogens with one attached hydrogen (secondary N) is 2. The van der Waals surface area contributed by atoms with Gasteiger partial charge in [-0.2, -0.15) is 0 Å². The Morgan fingerprint density at radius 1 is 1.18 bits per heavy atom. The van der Waals surface area contributed by atoms with Crippen LogP contribution in [0.3, 0.4) is 0 Å². The van der Waals surface area contributed by atoms with Gasteiger partial charge in [-0.05, 0) is 52.4 Å². The Morgan fingerprint density at radius 2 is 1.93 bits per heavy atom. The highest BCUT2D eigenvalue weighted by Crippen LogP contribution is 2.21. The Balaban J connectivity index is 2.19. The van der Waals surface area contributed by atoms with Crippen molar-refractivity contribution in [3.63, 3.8) is 0 Å². The van der Waals surface area contributed by atoms with Crippen LogP contribution < -0.4 is 10.6 Å². The fourth-order valence-electron chi connectivity index (χ4n) is 3.03. The van der Waals surface area contributed by atoms with Gasteiger partial charge in [0.2, 0.25) is 0 Å². The highest BCUT2D eigenvalue weighted by molar-refractivity contribution is 5.79. The standard InChI is InChI=1S/C20H40N4O4/c1-20(2,3)28-19(25)24-12-6-8-17(16-24)9-11-23-18(21-4)22-10-7-13-27-15-14-26-5/h17H,6-16H2,1-5H3,(H2,21,22,23). The zero-order valence-electron chi connectivity index (χ0n) is 18.4. The predicted molar refractivity (Wildman–Crippen MR) is 112 cm³/mol. The van der Waals surface area contributed by atoms with Crippen LogP contribution in [-0.4, -0.2) is 82.7 Å². The van der Waals surface area contributed by atoms with Gasteiger partial charge in [0.05, 0.1) is 13.2 Å². The minimum absolute atomic E-state index is 0.199. The monoisotopic (exact) mass is 400 g/mol. The second kappa shape index (κ2) is 13.6. The van der Waals surface area contributed by atoms with E-state index in [4.69, 9.17) is 14.2 Å². The first-order valence-corrected chi connectivity index (χ1v) is 10.3. The topological polar surface area (TPSA) is 84.4 Å². The fraction of sp³-hybridized carbons (Fsp3) is 0.900. The van der Waals surface area contributed by atoms with E-state index in [1.54, 1.807) is 14.2 Å². The molecule has 1 saturated heterocycles. The zero-order chi connectivity index (χ0) is 20.8. The molecule has 1 atom stereocenters. The Hall–Kier alpha value is -1.54. The van der Waals surface area contributed by atoms with Gasteiger partial charge in [0.25, 0.3) is 0 Å². The van der Waals surface area contributed by atoms with Crippen molar-refractivity contribution >= 4 is 12.1 Å². The molecule has 0 spiro atoms. The van der Waals surface area contributed by atoms with Crippen molar-refractivity contribution in [1.29, 1.82) is 0 Å². The summed E-state index contributed by atoms with van der Waals surface area (Å²) < 4.78 is 15.9. The maximum atomic E-state index is 12.3. The van der Waals surface area contributed by atoms with Crippen LogP contribution in [0.15, 0.2) is 4.99 Å². The molecule has 8 nitrogen and oxygen atoms in total. The number of methoxy groups -OCH3 is 1. The third kappa shape index (κ3) is 11.3. The van der Waals surface area contributed by atoms with E-state index >= 15 is 0 Å². The van der Waals surface area contributed by atoms with E-state index in [0.717, 1.165) is 57.8 Å². The number of carbonyl (C=O) groups excluding carboxylic acids is 1. The van der Waals surface area contributed by atoms with Crippen LogP contribution in [-0.2, 0) is 14.2 Å². The largest absolute Gasteiger partial charge is 0.444 e. The van der Waals surface area contributed by atoms with Crippen LogP contribution in [0.4, 0.5) is 4.79 Å². The summed E-state index contributed by atoms with van der Waals surface area (Å²) in [6.45, 7) is 10.9. The van der Waals surface area contributed by atoms with Crippen LogP contribution in [0.5, 0.6) is 0 Å². The molecule has 1 unspecified atom stereocenters. The number of rotatable bonds is 10. The lowest BCUT2D eigenvalue weighted by molar-refractivity contribution is 0.0162. The molecule has 8 heteroatoms. The molecule has 28 heavy (non-hydrogen) atoms. The molecule has 1 aliphatic rings. The summed E-state index contributed by atoms with van der Waals surface area (Å²) in [5, 5.41) is 6.65. The summed E-state index contributed by atoms with van der Waals surface area (Å²) in [6, 6.07) is 0. The van der Waals surface area contributed by atoms with Gasteiger partial charge in [-0.25, -0.2) is 4.79 Å². The van der Waals surface area contributed by atoms with Crippen LogP contribution in [0.25, 0.3) is 0 Å². The number of ether oxygens (including phenoxy) is 3. The van der Waals surface area contributed by atoms with Crippen molar-refractivity contribution in [3.05, 3.63) is 0 Å². The maximum absolute atomic E-state index is 12.3. The van der Waals surface area contributed by atoms with Crippen LogP contribution in [0.1, 0.15) is 46.5 Å². The van der Waals surface area contributed by atoms with Crippen molar-refractivity contribution in [3.8, 4) is 0 Å². The third-order valence-electron chi connectivity index (χ3n) is 4.43. The van der Waals surface area contributed by atoms with Gasteiger partial charge in [0.15, 0.2) is 5.96 Å². The average Bonchev–Trinajstić information content (AvgIpc) is 2.64. The molecular weight excluding hydrogens is 360 g/mol. The van der Waals surface area contributed by atoms with Gasteiger partial charge in [-0.3, -0.25) is 4.99 Å². The number of hydrogen-bond acceptors (Lipinski definition) is 5. The lowest BCUT2D eigenvalue weighted by Crippen LogP contribution is -2.44. The van der Waals surface area contributed by atoms with E-state index in [9.17, 15) is 4.79 Å². The highest BCUT2D eigenvalue weighted by Gasteiger charge is 2.27. The maximum Gasteiger partial charge on any atom is 0.410 e. The molecule has 1 rings (SSSR count). The van der Waals surface area contributed by atoms with Crippen molar-refractivity contribution in [2.75, 3.05) is 60.2 Å². The molecule has 1 aliphatic heterocycles. The molecule has 0 saturated carbocycles. The minimum atomic E-state index is -0.446. The summed E-state index contributed by atoms with van der Waals surface area (Å²) in [7, 11) is 3.44. The Morgan fingerprint density at radius 3 is 2.61 bits per heavy atom. The van der Waals surface area contributed by atoms with E-state index in [-0.39, 0.29) is 6.09 Å². The number of piperidine rings is 1. The van der Waals surface area contributed by atoms with Gasteiger partial charge in [0.1, 0.15) is 5.60 Å². The molecule has 0 aliphatic carbocycles. The first-order chi connectivity index (χ1) is 13.4. The Labute approximate surface area is 170 Å². The number of carbonyl (C=O) groups is 1. The molecule has 0 aromatic carbocycles. The summed E-state index contributed by atoms with van der Waals surface area (Å²) in [4.78, 5) is 18.4. The van der Waals surface area contributed by atoms with Crippen LogP contribution in [0.2, 0.25) is 0 Å². The molecule has 0 aromatic rings. The molecule has 0 aromatic heterocycles. The summed E-state index contributed by atoms with van der Waals surface area (Å²) >= 11 is 0. The fourth-order valence-corrected chi connectivity index (χ4v) is 3.03. The highest BCUT2D eigenvalue weighted by atomic mass is 16.6. The van der Waals surface area contributed by atoms with E-state index in [1.807, 2.05) is 25.7 Å². The number of aliphatic imine (C=N–C) groups is 1. The van der Waals surface area contributed by atoms with Crippen LogP contribution >= 0.6 is 0 Å². The van der Waals surface area contributed by atoms with Crippen molar-refractivity contribution in [1.82, 2.24) is 15.5 Å². The van der Waals surface area contributed by atoms with E-state index in [2.05, 4.69) is 15.6 Å². The quantitative estimate of drug-likeness (QED) is 0.332. The summed E-state index contributed by atoms with van der Waals surface area (Å²) in [5.41, 5.74) is -0.446. The van der Waals surface area contributed by atoms with Crippen molar-refractivity contribution < 1.29 is 19.0 Å². The number of hydrogen-bond donors (Lipinski definition) is 2. The summed E-state index contributed by atoms with van der Waals surface area (Å²) in [6.07, 6.45) is 3.89. The van der Waals surface area contributed by atoms with Crippen molar-refractivity contribution in [2.45, 2.75) is 52.1 Å². The molecule has 164 valence electrons.